The maximum absolute atomic E-state index is 5.82. The lowest BCUT2D eigenvalue weighted by atomic mass is 10.3. The largest absolute Gasteiger partial charge is 0.325 e. The Kier molecular flexibility index (Phi) is 5.23. The highest BCUT2D eigenvalue weighted by Gasteiger charge is 2.01. The van der Waals surface area contributed by atoms with Gasteiger partial charge in [-0.15, -0.1) is 24.8 Å². The van der Waals surface area contributed by atoms with Crippen LogP contribution in [0.5, 0.6) is 0 Å². The first-order valence-corrected chi connectivity index (χ1v) is 4.00. The second-order valence-corrected chi connectivity index (χ2v) is 2.97. The van der Waals surface area contributed by atoms with Crippen LogP contribution in [0.2, 0.25) is 5.02 Å². The number of nitrogens with zero attached hydrogens (tertiary/aromatic N) is 2. The van der Waals surface area contributed by atoms with Gasteiger partial charge in [-0.05, 0) is 12.1 Å². The summed E-state index contributed by atoms with van der Waals surface area (Å²) in [6, 6.07) is 3.67. The Morgan fingerprint density at radius 2 is 2.14 bits per heavy atom. The summed E-state index contributed by atoms with van der Waals surface area (Å²) in [4.78, 5) is 4.13. The lowest BCUT2D eigenvalue weighted by molar-refractivity contribution is 1.02. The van der Waals surface area contributed by atoms with Crippen molar-refractivity contribution in [1.82, 2.24) is 9.38 Å². The minimum Gasteiger partial charge on any atom is -0.325 e. The molecule has 0 fully saturated rings. The first-order chi connectivity index (χ1) is 5.81. The van der Waals surface area contributed by atoms with Crippen molar-refractivity contribution >= 4 is 41.9 Å². The minimum absolute atomic E-state index is 0. The molecule has 0 spiro atoms. The van der Waals surface area contributed by atoms with Crippen LogP contribution < -0.4 is 5.73 Å². The van der Waals surface area contributed by atoms with Gasteiger partial charge >= 0.3 is 0 Å². The first-order valence-electron chi connectivity index (χ1n) is 3.62. The smallest absolute Gasteiger partial charge is 0.0996 e. The fourth-order valence-corrected chi connectivity index (χ4v) is 1.33. The highest BCUT2D eigenvalue weighted by molar-refractivity contribution is 6.30. The molecule has 0 unspecified atom stereocenters. The van der Waals surface area contributed by atoms with Crippen LogP contribution >= 0.6 is 36.4 Å². The zero-order valence-corrected chi connectivity index (χ0v) is 9.57. The second kappa shape index (κ2) is 5.41. The van der Waals surface area contributed by atoms with Gasteiger partial charge in [0.15, 0.2) is 0 Å². The Morgan fingerprint density at radius 1 is 1.43 bits per heavy atom. The van der Waals surface area contributed by atoms with E-state index in [0.717, 1.165) is 11.2 Å². The SMILES string of the molecule is Cl.Cl.NCc1ncn2ccc(Cl)cc12. The summed E-state index contributed by atoms with van der Waals surface area (Å²) in [5.74, 6) is 0. The van der Waals surface area contributed by atoms with E-state index in [-0.39, 0.29) is 24.8 Å². The molecule has 2 aromatic rings. The van der Waals surface area contributed by atoms with Crippen LogP contribution in [-0.2, 0) is 6.54 Å². The first kappa shape index (κ1) is 13.5. The summed E-state index contributed by atoms with van der Waals surface area (Å²) in [7, 11) is 0. The highest BCUT2D eigenvalue weighted by Crippen LogP contribution is 2.14. The molecule has 0 saturated carbocycles. The van der Waals surface area contributed by atoms with E-state index in [9.17, 15) is 0 Å². The number of nitrogens with two attached hydrogens (primary N) is 1. The number of aromatic nitrogens is 2. The van der Waals surface area contributed by atoms with Crippen molar-refractivity contribution in [3.63, 3.8) is 0 Å². The van der Waals surface area contributed by atoms with E-state index >= 15 is 0 Å². The molecule has 0 radical (unpaired) electrons. The molecule has 6 heteroatoms. The topological polar surface area (TPSA) is 43.3 Å². The molecular formula is C8H10Cl3N3. The molecule has 2 heterocycles. The average Bonchev–Trinajstić information content (AvgIpc) is 2.46. The van der Waals surface area contributed by atoms with E-state index in [1.54, 1.807) is 6.33 Å². The van der Waals surface area contributed by atoms with Crippen molar-refractivity contribution < 1.29 is 0 Å². The van der Waals surface area contributed by atoms with Crippen LogP contribution in [0.15, 0.2) is 24.7 Å². The van der Waals surface area contributed by atoms with Gasteiger partial charge in [-0.2, -0.15) is 0 Å². The number of hydrogen-bond donors (Lipinski definition) is 1. The Morgan fingerprint density at radius 3 is 2.79 bits per heavy atom. The second-order valence-electron chi connectivity index (χ2n) is 2.53. The van der Waals surface area contributed by atoms with Gasteiger partial charge in [0.2, 0.25) is 0 Å². The Balaban J connectivity index is 0.000000845. The molecule has 2 rings (SSSR count). The summed E-state index contributed by atoms with van der Waals surface area (Å²) in [5, 5.41) is 0.706. The van der Waals surface area contributed by atoms with Crippen molar-refractivity contribution in [2.45, 2.75) is 6.54 Å². The number of rotatable bonds is 1. The van der Waals surface area contributed by atoms with Gasteiger partial charge in [-0.3, -0.25) is 0 Å². The highest BCUT2D eigenvalue weighted by atomic mass is 35.5. The summed E-state index contributed by atoms with van der Waals surface area (Å²) < 4.78 is 1.90. The Labute approximate surface area is 99.1 Å². The molecular weight excluding hydrogens is 244 g/mol. The third-order valence-corrected chi connectivity index (χ3v) is 2.01. The number of halogens is 3. The van der Waals surface area contributed by atoms with Crippen molar-refractivity contribution in [3.8, 4) is 0 Å². The van der Waals surface area contributed by atoms with Crippen LogP contribution in [0, 0.1) is 0 Å². The van der Waals surface area contributed by atoms with Gasteiger partial charge < -0.3 is 10.1 Å². The molecule has 2 N–H and O–H groups in total. The quantitative estimate of drug-likeness (QED) is 0.848. The number of imidazole rings is 1. The molecule has 2 aromatic heterocycles. The predicted molar refractivity (Wildman–Crippen MR) is 62.6 cm³/mol. The summed E-state index contributed by atoms with van der Waals surface area (Å²) in [5.41, 5.74) is 7.34. The molecule has 0 aliphatic carbocycles. The summed E-state index contributed by atoms with van der Waals surface area (Å²) >= 11 is 5.82. The van der Waals surface area contributed by atoms with Gasteiger partial charge in [-0.1, -0.05) is 11.6 Å². The van der Waals surface area contributed by atoms with Crippen molar-refractivity contribution in [2.75, 3.05) is 0 Å². The van der Waals surface area contributed by atoms with E-state index in [4.69, 9.17) is 17.3 Å². The zero-order valence-electron chi connectivity index (χ0n) is 7.18. The van der Waals surface area contributed by atoms with Gasteiger partial charge in [0.1, 0.15) is 0 Å². The van der Waals surface area contributed by atoms with Gasteiger partial charge in [0.05, 0.1) is 17.5 Å². The average molecular weight is 255 g/mol. The molecule has 0 bridgehead atoms. The summed E-state index contributed by atoms with van der Waals surface area (Å²) in [6.45, 7) is 0.441. The molecule has 3 nitrogen and oxygen atoms in total. The van der Waals surface area contributed by atoms with Crippen LogP contribution in [-0.4, -0.2) is 9.38 Å². The number of pyridine rings is 1. The van der Waals surface area contributed by atoms with Crippen molar-refractivity contribution in [1.29, 1.82) is 0 Å². The van der Waals surface area contributed by atoms with Crippen molar-refractivity contribution in [2.24, 2.45) is 5.73 Å². The zero-order chi connectivity index (χ0) is 8.55. The van der Waals surface area contributed by atoms with E-state index < -0.39 is 0 Å². The number of hydrogen-bond acceptors (Lipinski definition) is 2. The maximum Gasteiger partial charge on any atom is 0.0996 e. The molecule has 0 aliphatic rings. The van der Waals surface area contributed by atoms with E-state index in [0.29, 0.717) is 11.6 Å². The monoisotopic (exact) mass is 253 g/mol. The van der Waals surface area contributed by atoms with Crippen LogP contribution in [0.1, 0.15) is 5.69 Å². The minimum atomic E-state index is 0. The van der Waals surface area contributed by atoms with Crippen LogP contribution in [0.3, 0.4) is 0 Å². The molecule has 0 aromatic carbocycles. The van der Waals surface area contributed by atoms with E-state index in [1.165, 1.54) is 0 Å². The predicted octanol–water partition coefficient (Wildman–Crippen LogP) is 2.29. The number of fused-ring (bicyclic) bond motifs is 1. The fraction of sp³-hybridized carbons (Fsp3) is 0.125. The van der Waals surface area contributed by atoms with Crippen molar-refractivity contribution in [3.05, 3.63) is 35.4 Å². The molecule has 0 saturated heterocycles. The third-order valence-electron chi connectivity index (χ3n) is 1.77. The standard InChI is InChI=1S/C8H8ClN3.2ClH/c9-6-1-2-12-5-11-7(4-10)8(12)3-6;;/h1-3,5H,4,10H2;2*1H. The normalized spacial score (nSPS) is 9.29. The van der Waals surface area contributed by atoms with E-state index in [1.807, 2.05) is 22.7 Å². The summed E-state index contributed by atoms with van der Waals surface area (Å²) in [6.07, 6.45) is 3.59. The van der Waals surface area contributed by atoms with Gasteiger partial charge in [0, 0.05) is 17.8 Å². The lowest BCUT2D eigenvalue weighted by Gasteiger charge is -1.95. The van der Waals surface area contributed by atoms with Gasteiger partial charge in [0.25, 0.3) is 0 Å². The Hall–Kier alpha value is -0.480. The van der Waals surface area contributed by atoms with Gasteiger partial charge in [-0.25, -0.2) is 4.98 Å². The molecule has 0 atom stereocenters. The van der Waals surface area contributed by atoms with Crippen LogP contribution in [0.25, 0.3) is 5.52 Å². The molecule has 0 aliphatic heterocycles. The van der Waals surface area contributed by atoms with Crippen LogP contribution in [0.4, 0.5) is 0 Å². The fourth-order valence-electron chi connectivity index (χ4n) is 1.17. The lowest BCUT2D eigenvalue weighted by Crippen LogP contribution is -1.96. The molecule has 14 heavy (non-hydrogen) atoms. The molecule has 0 amide bonds. The van der Waals surface area contributed by atoms with E-state index in [2.05, 4.69) is 4.98 Å². The molecule has 78 valence electrons. The Bertz CT molecular complexity index is 413. The maximum atomic E-state index is 5.82. The third kappa shape index (κ3) is 2.30.